The maximum Gasteiger partial charge on any atom is 0.349 e. The predicted molar refractivity (Wildman–Crippen MR) is 113 cm³/mol. The van der Waals surface area contributed by atoms with E-state index in [2.05, 4.69) is 0 Å². The van der Waals surface area contributed by atoms with Crippen molar-refractivity contribution in [3.8, 4) is 11.5 Å². The van der Waals surface area contributed by atoms with Gasteiger partial charge in [-0.05, 0) is 68.1 Å². The number of benzene rings is 3. The predicted octanol–water partition coefficient (Wildman–Crippen LogP) is 5.14. The van der Waals surface area contributed by atoms with Crippen LogP contribution < -0.4 is 9.47 Å². The normalized spacial score (nSPS) is 10.5. The molecule has 3 rings (SSSR count). The minimum absolute atomic E-state index is 0.0692. The third-order valence-corrected chi connectivity index (χ3v) is 4.90. The van der Waals surface area contributed by atoms with E-state index in [4.69, 9.17) is 9.47 Å². The molecule has 0 spiro atoms. The molecule has 0 fully saturated rings. The molecule has 148 valence electrons. The first kappa shape index (κ1) is 20.3. The van der Waals surface area contributed by atoms with E-state index in [0.29, 0.717) is 28.2 Å². The lowest BCUT2D eigenvalue weighted by Crippen LogP contribution is -2.19. The van der Waals surface area contributed by atoms with Gasteiger partial charge in [-0.2, -0.15) is 0 Å². The summed E-state index contributed by atoms with van der Waals surface area (Å²) < 4.78 is 11.2. The number of ketones is 1. The summed E-state index contributed by atoms with van der Waals surface area (Å²) in [5.74, 6) is 0.569. The largest absolute Gasteiger partial charge is 0.481 e. The molecule has 4 nitrogen and oxygen atoms in total. The number of hydrogen-bond acceptors (Lipinski definition) is 4. The van der Waals surface area contributed by atoms with Crippen LogP contribution in [0.4, 0.5) is 0 Å². The molecular formula is C25H24O4. The Kier molecular flexibility index (Phi) is 6.13. The highest BCUT2D eigenvalue weighted by atomic mass is 16.6. The van der Waals surface area contributed by atoms with E-state index in [1.807, 2.05) is 51.1 Å². The lowest BCUT2D eigenvalue weighted by molar-refractivity contribution is -0.136. The second-order valence-corrected chi connectivity index (χ2v) is 7.09. The Balaban J connectivity index is 1.67. The topological polar surface area (TPSA) is 52.6 Å². The summed E-state index contributed by atoms with van der Waals surface area (Å²) >= 11 is 0. The number of rotatable bonds is 6. The molecule has 3 aromatic carbocycles. The summed E-state index contributed by atoms with van der Waals surface area (Å²) in [6.07, 6.45) is 0. The molecule has 0 aliphatic heterocycles. The van der Waals surface area contributed by atoms with Crippen molar-refractivity contribution in [2.45, 2.75) is 27.7 Å². The Morgan fingerprint density at radius 3 is 2.14 bits per heavy atom. The number of carbonyl (C=O) groups excluding carboxylic acids is 2. The molecule has 0 atom stereocenters. The van der Waals surface area contributed by atoms with E-state index in [0.717, 1.165) is 16.7 Å². The highest BCUT2D eigenvalue weighted by molar-refractivity contribution is 6.09. The standard InChI is InChI=1S/C25H24O4/c1-16-10-11-17(2)25(19(16)4)28-15-23(26)29-22-13-12-21(14-18(22)3)24(27)20-8-6-5-7-9-20/h5-14H,15H2,1-4H3. The second kappa shape index (κ2) is 8.74. The van der Waals surface area contributed by atoms with Crippen LogP contribution in [-0.2, 0) is 4.79 Å². The van der Waals surface area contributed by atoms with Crippen molar-refractivity contribution >= 4 is 11.8 Å². The highest BCUT2D eigenvalue weighted by Gasteiger charge is 2.14. The van der Waals surface area contributed by atoms with Gasteiger partial charge in [-0.3, -0.25) is 4.79 Å². The molecule has 0 unspecified atom stereocenters. The minimum atomic E-state index is -0.490. The fraction of sp³-hybridized carbons (Fsp3) is 0.200. The van der Waals surface area contributed by atoms with Crippen LogP contribution in [0.15, 0.2) is 60.7 Å². The lowest BCUT2D eigenvalue weighted by Gasteiger charge is -2.14. The first-order chi connectivity index (χ1) is 13.9. The van der Waals surface area contributed by atoms with E-state index < -0.39 is 5.97 Å². The van der Waals surface area contributed by atoms with Gasteiger partial charge < -0.3 is 9.47 Å². The number of carbonyl (C=O) groups is 2. The zero-order valence-corrected chi connectivity index (χ0v) is 17.1. The quantitative estimate of drug-likeness (QED) is 0.333. The fourth-order valence-electron chi connectivity index (χ4n) is 3.09. The first-order valence-electron chi connectivity index (χ1n) is 9.47. The molecular weight excluding hydrogens is 364 g/mol. The van der Waals surface area contributed by atoms with Gasteiger partial charge in [-0.15, -0.1) is 0 Å². The van der Waals surface area contributed by atoms with Crippen LogP contribution in [0.2, 0.25) is 0 Å². The van der Waals surface area contributed by atoms with E-state index in [-0.39, 0.29) is 12.4 Å². The van der Waals surface area contributed by atoms with Crippen LogP contribution in [-0.4, -0.2) is 18.4 Å². The van der Waals surface area contributed by atoms with Gasteiger partial charge in [-0.1, -0.05) is 42.5 Å². The second-order valence-electron chi connectivity index (χ2n) is 7.09. The van der Waals surface area contributed by atoms with E-state index in [1.165, 1.54) is 0 Å². The zero-order chi connectivity index (χ0) is 21.0. The minimum Gasteiger partial charge on any atom is -0.481 e. The molecule has 0 amide bonds. The van der Waals surface area contributed by atoms with Crippen LogP contribution in [0.1, 0.15) is 38.2 Å². The third-order valence-electron chi connectivity index (χ3n) is 4.90. The van der Waals surface area contributed by atoms with Crippen LogP contribution >= 0.6 is 0 Å². The molecule has 0 N–H and O–H groups in total. The highest BCUT2D eigenvalue weighted by Crippen LogP contribution is 2.26. The molecule has 0 saturated heterocycles. The summed E-state index contributed by atoms with van der Waals surface area (Å²) in [6, 6.07) is 18.1. The maximum absolute atomic E-state index is 12.6. The molecule has 0 bridgehead atoms. The number of esters is 1. The molecule has 0 radical (unpaired) electrons. The van der Waals surface area contributed by atoms with Gasteiger partial charge >= 0.3 is 5.97 Å². The van der Waals surface area contributed by atoms with Gasteiger partial charge in [0, 0.05) is 11.1 Å². The SMILES string of the molecule is Cc1cc(C(=O)c2ccccc2)ccc1OC(=O)COc1c(C)ccc(C)c1C. The first-order valence-corrected chi connectivity index (χ1v) is 9.47. The monoisotopic (exact) mass is 388 g/mol. The molecule has 0 aliphatic rings. The van der Waals surface area contributed by atoms with Crippen molar-refractivity contribution in [2.75, 3.05) is 6.61 Å². The van der Waals surface area contributed by atoms with E-state index in [9.17, 15) is 9.59 Å². The van der Waals surface area contributed by atoms with Crippen LogP contribution in [0.25, 0.3) is 0 Å². The third kappa shape index (κ3) is 4.72. The van der Waals surface area contributed by atoms with Gasteiger partial charge in [0.1, 0.15) is 11.5 Å². The summed E-state index contributed by atoms with van der Waals surface area (Å²) in [7, 11) is 0. The molecule has 0 aliphatic carbocycles. The average molecular weight is 388 g/mol. The Hall–Kier alpha value is -3.40. The van der Waals surface area contributed by atoms with Gasteiger partial charge in [0.05, 0.1) is 0 Å². The molecule has 4 heteroatoms. The number of hydrogen-bond donors (Lipinski definition) is 0. The summed E-state index contributed by atoms with van der Waals surface area (Å²) in [5.41, 5.74) is 4.97. The summed E-state index contributed by atoms with van der Waals surface area (Å²) in [4.78, 5) is 24.8. The Morgan fingerprint density at radius 2 is 1.45 bits per heavy atom. The fourth-order valence-corrected chi connectivity index (χ4v) is 3.09. The average Bonchev–Trinajstić information content (AvgIpc) is 2.72. The lowest BCUT2D eigenvalue weighted by atomic mass is 10.0. The van der Waals surface area contributed by atoms with Gasteiger partial charge in [0.25, 0.3) is 0 Å². The Labute approximate surface area is 171 Å². The zero-order valence-electron chi connectivity index (χ0n) is 17.1. The summed E-state index contributed by atoms with van der Waals surface area (Å²) in [6.45, 7) is 7.53. The van der Waals surface area contributed by atoms with Crippen molar-refractivity contribution < 1.29 is 19.1 Å². The van der Waals surface area contributed by atoms with Gasteiger partial charge in [-0.25, -0.2) is 4.79 Å². The van der Waals surface area contributed by atoms with Crippen molar-refractivity contribution in [1.82, 2.24) is 0 Å². The van der Waals surface area contributed by atoms with Crippen molar-refractivity contribution in [2.24, 2.45) is 0 Å². The number of ether oxygens (including phenoxy) is 2. The van der Waals surface area contributed by atoms with Crippen molar-refractivity contribution in [3.63, 3.8) is 0 Å². The van der Waals surface area contributed by atoms with Crippen molar-refractivity contribution in [1.29, 1.82) is 0 Å². The maximum atomic E-state index is 12.6. The van der Waals surface area contributed by atoms with Crippen LogP contribution in [0.5, 0.6) is 11.5 Å². The smallest absolute Gasteiger partial charge is 0.349 e. The molecule has 0 saturated carbocycles. The molecule has 0 heterocycles. The van der Waals surface area contributed by atoms with E-state index in [1.54, 1.807) is 37.3 Å². The van der Waals surface area contributed by atoms with E-state index >= 15 is 0 Å². The Bertz CT molecular complexity index is 1050. The van der Waals surface area contributed by atoms with Crippen LogP contribution in [0.3, 0.4) is 0 Å². The molecule has 3 aromatic rings. The molecule has 0 aromatic heterocycles. The van der Waals surface area contributed by atoms with Gasteiger partial charge in [0.15, 0.2) is 12.4 Å². The van der Waals surface area contributed by atoms with Crippen LogP contribution in [0, 0.1) is 27.7 Å². The number of aryl methyl sites for hydroxylation is 3. The van der Waals surface area contributed by atoms with Crippen molar-refractivity contribution in [3.05, 3.63) is 94.0 Å². The summed E-state index contributed by atoms with van der Waals surface area (Å²) in [5, 5.41) is 0. The molecule has 29 heavy (non-hydrogen) atoms. The Morgan fingerprint density at radius 1 is 0.759 bits per heavy atom. The van der Waals surface area contributed by atoms with Gasteiger partial charge in [0.2, 0.25) is 0 Å².